The summed E-state index contributed by atoms with van der Waals surface area (Å²) in [6.07, 6.45) is 1.51. The van der Waals surface area contributed by atoms with Crippen molar-refractivity contribution < 1.29 is 13.9 Å². The number of aromatic nitrogens is 1. The van der Waals surface area contributed by atoms with Crippen molar-refractivity contribution in [3.8, 4) is 5.75 Å². The van der Waals surface area contributed by atoms with Crippen LogP contribution in [-0.4, -0.2) is 17.5 Å². The molecule has 104 valence electrons. The van der Waals surface area contributed by atoms with Gasteiger partial charge in [0.2, 0.25) is 0 Å². The Bertz CT molecular complexity index is 604. The Hall–Kier alpha value is -2.63. The van der Waals surface area contributed by atoms with Gasteiger partial charge in [-0.3, -0.25) is 4.79 Å². The SMILES string of the molecule is NC(=O)COc1cccc(CNc2ncccc2F)c1. The number of rotatable bonds is 6. The zero-order valence-electron chi connectivity index (χ0n) is 10.7. The molecule has 0 radical (unpaired) electrons. The second-order valence-electron chi connectivity index (χ2n) is 4.09. The van der Waals surface area contributed by atoms with E-state index < -0.39 is 11.7 Å². The van der Waals surface area contributed by atoms with Gasteiger partial charge in [0.15, 0.2) is 18.2 Å². The molecule has 1 aromatic heterocycles. The van der Waals surface area contributed by atoms with Crippen LogP contribution in [0.15, 0.2) is 42.6 Å². The Morgan fingerprint density at radius 1 is 1.35 bits per heavy atom. The minimum absolute atomic E-state index is 0.175. The van der Waals surface area contributed by atoms with Gasteiger partial charge in [-0.2, -0.15) is 0 Å². The summed E-state index contributed by atoms with van der Waals surface area (Å²) >= 11 is 0. The van der Waals surface area contributed by atoms with Crippen molar-refractivity contribution in [2.75, 3.05) is 11.9 Å². The molecule has 0 aliphatic heterocycles. The number of benzene rings is 1. The maximum absolute atomic E-state index is 13.4. The lowest BCUT2D eigenvalue weighted by molar-refractivity contribution is -0.119. The third kappa shape index (κ3) is 3.94. The average molecular weight is 275 g/mol. The number of carbonyl (C=O) groups excluding carboxylic acids is 1. The van der Waals surface area contributed by atoms with Crippen molar-refractivity contribution in [2.24, 2.45) is 5.73 Å². The molecule has 2 rings (SSSR count). The molecule has 3 N–H and O–H groups in total. The van der Waals surface area contributed by atoms with E-state index in [0.717, 1.165) is 5.56 Å². The molecule has 0 unspecified atom stereocenters. The van der Waals surface area contributed by atoms with Crippen LogP contribution in [0.4, 0.5) is 10.2 Å². The standard InChI is InChI=1S/C14H14FN3O2/c15-12-5-2-6-17-14(12)18-8-10-3-1-4-11(7-10)20-9-13(16)19/h1-7H,8-9H2,(H2,16,19)(H,17,18). The van der Waals surface area contributed by atoms with E-state index in [2.05, 4.69) is 10.3 Å². The van der Waals surface area contributed by atoms with Crippen LogP contribution in [0, 0.1) is 5.82 Å². The first-order chi connectivity index (χ1) is 9.65. The molecule has 0 atom stereocenters. The van der Waals surface area contributed by atoms with Gasteiger partial charge in [-0.1, -0.05) is 12.1 Å². The summed E-state index contributed by atoms with van der Waals surface area (Å²) in [6.45, 7) is 0.216. The topological polar surface area (TPSA) is 77.2 Å². The van der Waals surface area contributed by atoms with Crippen LogP contribution in [0.5, 0.6) is 5.75 Å². The van der Waals surface area contributed by atoms with Crippen molar-refractivity contribution in [3.05, 3.63) is 54.0 Å². The average Bonchev–Trinajstić information content (AvgIpc) is 2.45. The van der Waals surface area contributed by atoms with Gasteiger partial charge in [-0.15, -0.1) is 0 Å². The van der Waals surface area contributed by atoms with Crippen LogP contribution in [0.1, 0.15) is 5.56 Å². The summed E-state index contributed by atoms with van der Waals surface area (Å²) in [4.78, 5) is 14.5. The largest absolute Gasteiger partial charge is 0.484 e. The molecular weight excluding hydrogens is 261 g/mol. The van der Waals surface area contributed by atoms with Crippen molar-refractivity contribution >= 4 is 11.7 Å². The van der Waals surface area contributed by atoms with Crippen molar-refractivity contribution in [3.63, 3.8) is 0 Å². The monoisotopic (exact) mass is 275 g/mol. The smallest absolute Gasteiger partial charge is 0.255 e. The molecule has 0 aliphatic carbocycles. The number of ether oxygens (including phenoxy) is 1. The van der Waals surface area contributed by atoms with Crippen LogP contribution in [0.2, 0.25) is 0 Å². The van der Waals surface area contributed by atoms with Crippen molar-refractivity contribution in [1.29, 1.82) is 0 Å². The van der Waals surface area contributed by atoms with E-state index in [9.17, 15) is 9.18 Å². The second kappa shape index (κ2) is 6.51. The molecule has 0 saturated heterocycles. The molecule has 0 spiro atoms. The first-order valence-corrected chi connectivity index (χ1v) is 5.99. The molecule has 1 heterocycles. The molecule has 2 aromatic rings. The summed E-state index contributed by atoms with van der Waals surface area (Å²) in [5, 5.41) is 2.89. The van der Waals surface area contributed by atoms with Gasteiger partial charge in [0, 0.05) is 12.7 Å². The summed E-state index contributed by atoms with van der Waals surface area (Å²) in [7, 11) is 0. The van der Waals surface area contributed by atoms with Gasteiger partial charge in [0.05, 0.1) is 0 Å². The number of halogens is 1. The number of amides is 1. The predicted molar refractivity (Wildman–Crippen MR) is 72.7 cm³/mol. The number of anilines is 1. The van der Waals surface area contributed by atoms with E-state index in [1.54, 1.807) is 18.2 Å². The maximum Gasteiger partial charge on any atom is 0.255 e. The van der Waals surface area contributed by atoms with Crippen molar-refractivity contribution in [1.82, 2.24) is 4.98 Å². The quantitative estimate of drug-likeness (QED) is 0.841. The summed E-state index contributed by atoms with van der Waals surface area (Å²) in [6, 6.07) is 9.96. The molecule has 5 nitrogen and oxygen atoms in total. The van der Waals surface area contributed by atoms with Gasteiger partial charge >= 0.3 is 0 Å². The zero-order valence-corrected chi connectivity index (χ0v) is 10.7. The lowest BCUT2D eigenvalue weighted by Crippen LogP contribution is -2.20. The molecular formula is C14H14FN3O2. The molecule has 0 aliphatic rings. The molecule has 6 heteroatoms. The van der Waals surface area contributed by atoms with E-state index in [0.29, 0.717) is 12.3 Å². The van der Waals surface area contributed by atoms with E-state index >= 15 is 0 Å². The van der Waals surface area contributed by atoms with E-state index in [4.69, 9.17) is 10.5 Å². The first kappa shape index (κ1) is 13.8. The molecule has 1 aromatic carbocycles. The van der Waals surface area contributed by atoms with Gasteiger partial charge < -0.3 is 15.8 Å². The number of carbonyl (C=O) groups is 1. The second-order valence-corrected chi connectivity index (χ2v) is 4.09. The fourth-order valence-electron chi connectivity index (χ4n) is 1.60. The third-order valence-corrected chi connectivity index (χ3v) is 2.50. The number of nitrogens with two attached hydrogens (primary N) is 1. The van der Waals surface area contributed by atoms with Gasteiger partial charge in [0.1, 0.15) is 5.75 Å². The lowest BCUT2D eigenvalue weighted by atomic mass is 10.2. The van der Waals surface area contributed by atoms with Crippen molar-refractivity contribution in [2.45, 2.75) is 6.54 Å². The Kier molecular flexibility index (Phi) is 4.49. The Labute approximate surface area is 115 Å². The normalized spacial score (nSPS) is 10.1. The Balaban J connectivity index is 1.98. The number of nitrogens with zero attached hydrogens (tertiary/aromatic N) is 1. The fourth-order valence-corrected chi connectivity index (χ4v) is 1.60. The highest BCUT2D eigenvalue weighted by atomic mass is 19.1. The summed E-state index contributed by atoms with van der Waals surface area (Å²) in [5.41, 5.74) is 5.88. The van der Waals surface area contributed by atoms with E-state index in [-0.39, 0.29) is 12.4 Å². The molecule has 20 heavy (non-hydrogen) atoms. The number of pyridine rings is 1. The Morgan fingerprint density at radius 2 is 2.20 bits per heavy atom. The Morgan fingerprint density at radius 3 is 2.95 bits per heavy atom. The third-order valence-electron chi connectivity index (χ3n) is 2.50. The van der Waals surface area contributed by atoms with Crippen LogP contribution in [0.3, 0.4) is 0 Å². The number of hydrogen-bond donors (Lipinski definition) is 2. The molecule has 0 fully saturated rings. The predicted octanol–water partition coefficient (Wildman–Crippen LogP) is 1.70. The van der Waals surface area contributed by atoms with Gasteiger partial charge in [-0.05, 0) is 29.8 Å². The van der Waals surface area contributed by atoms with Gasteiger partial charge in [0.25, 0.3) is 5.91 Å². The van der Waals surface area contributed by atoms with Gasteiger partial charge in [-0.25, -0.2) is 9.37 Å². The zero-order chi connectivity index (χ0) is 14.4. The number of nitrogens with one attached hydrogen (secondary N) is 1. The number of hydrogen-bond acceptors (Lipinski definition) is 4. The van der Waals surface area contributed by atoms with E-state index in [1.807, 2.05) is 6.07 Å². The minimum atomic E-state index is -0.538. The van der Waals surface area contributed by atoms with E-state index in [1.165, 1.54) is 18.3 Å². The molecule has 1 amide bonds. The van der Waals surface area contributed by atoms with Crippen LogP contribution in [-0.2, 0) is 11.3 Å². The van der Waals surface area contributed by atoms with Crippen LogP contribution < -0.4 is 15.8 Å². The minimum Gasteiger partial charge on any atom is -0.484 e. The van der Waals surface area contributed by atoms with Crippen LogP contribution in [0.25, 0.3) is 0 Å². The molecule has 0 saturated carbocycles. The highest BCUT2D eigenvalue weighted by Crippen LogP contribution is 2.15. The summed E-state index contributed by atoms with van der Waals surface area (Å²) in [5.74, 6) is -0.224. The fraction of sp³-hybridized carbons (Fsp3) is 0.143. The number of primary amides is 1. The first-order valence-electron chi connectivity index (χ1n) is 5.99. The highest BCUT2D eigenvalue weighted by Gasteiger charge is 2.03. The summed E-state index contributed by atoms with van der Waals surface area (Å²) < 4.78 is 18.6. The van der Waals surface area contributed by atoms with Crippen LogP contribution >= 0.6 is 0 Å². The molecule has 0 bridgehead atoms. The maximum atomic E-state index is 13.4. The highest BCUT2D eigenvalue weighted by molar-refractivity contribution is 5.75. The lowest BCUT2D eigenvalue weighted by Gasteiger charge is -2.08.